The quantitative estimate of drug-likeness (QED) is 0.201. The van der Waals surface area contributed by atoms with Gasteiger partial charge in [-0.15, -0.1) is 5.59 Å². The van der Waals surface area contributed by atoms with E-state index in [9.17, 15) is 9.59 Å². The molecule has 0 fully saturated rings. The van der Waals surface area contributed by atoms with Crippen LogP contribution in [0.15, 0.2) is 41.5 Å². The van der Waals surface area contributed by atoms with Crippen LogP contribution in [0, 0.1) is 5.82 Å². The van der Waals surface area contributed by atoms with Gasteiger partial charge in [-0.1, -0.05) is 12.1 Å². The Labute approximate surface area is 208 Å². The minimum atomic E-state index is -0.718. The van der Waals surface area contributed by atoms with Crippen molar-refractivity contribution in [2.24, 2.45) is 5.10 Å². The van der Waals surface area contributed by atoms with Crippen molar-refractivity contribution in [3.05, 3.63) is 53.3 Å². The van der Waals surface area contributed by atoms with E-state index in [1.54, 1.807) is 45.0 Å². The Morgan fingerprint density at radius 1 is 1.11 bits per heavy atom. The topological polar surface area (TPSA) is 131 Å². The van der Waals surface area contributed by atoms with Gasteiger partial charge in [0.1, 0.15) is 18.0 Å². The highest BCUT2D eigenvalue weighted by Crippen LogP contribution is 2.35. The van der Waals surface area contributed by atoms with Crippen molar-refractivity contribution in [2.75, 3.05) is 38.0 Å². The summed E-state index contributed by atoms with van der Waals surface area (Å²) in [6, 6.07) is 9.74. The zero-order valence-corrected chi connectivity index (χ0v) is 20.5. The van der Waals surface area contributed by atoms with E-state index in [0.717, 1.165) is 0 Å². The molecule has 36 heavy (non-hydrogen) atoms. The van der Waals surface area contributed by atoms with Crippen LogP contribution in [-0.2, 0) is 25.6 Å². The molecule has 0 aliphatic rings. The Bertz CT molecular complexity index is 1020. The molecule has 0 unspecified atom stereocenters. The van der Waals surface area contributed by atoms with Crippen LogP contribution in [0.5, 0.6) is 5.75 Å². The van der Waals surface area contributed by atoms with Gasteiger partial charge in [-0.3, -0.25) is 9.63 Å². The van der Waals surface area contributed by atoms with E-state index in [0.29, 0.717) is 17.8 Å². The van der Waals surface area contributed by atoms with Crippen LogP contribution >= 0.6 is 0 Å². The van der Waals surface area contributed by atoms with Crippen LogP contribution in [-0.4, -0.2) is 56.4 Å². The van der Waals surface area contributed by atoms with Crippen molar-refractivity contribution < 1.29 is 38.2 Å². The number of anilines is 2. The zero-order valence-electron chi connectivity index (χ0n) is 20.5. The van der Waals surface area contributed by atoms with Gasteiger partial charge >= 0.3 is 12.1 Å². The molecule has 11 nitrogen and oxygen atoms in total. The predicted molar refractivity (Wildman–Crippen MR) is 130 cm³/mol. The van der Waals surface area contributed by atoms with E-state index in [4.69, 9.17) is 19.4 Å². The Hall–Kier alpha value is -3.90. The number of carbonyl (C=O) groups is 2. The van der Waals surface area contributed by atoms with Gasteiger partial charge in [-0.05, 0) is 50.6 Å². The smallest absolute Gasteiger partial charge is 0.432 e. The number of esters is 1. The maximum absolute atomic E-state index is 15.7. The summed E-state index contributed by atoms with van der Waals surface area (Å²) >= 11 is 0. The third-order valence-electron chi connectivity index (χ3n) is 4.49. The fourth-order valence-electron chi connectivity index (χ4n) is 3.02. The molecular formula is C24H31FN4O7. The minimum absolute atomic E-state index is 0.00830. The summed E-state index contributed by atoms with van der Waals surface area (Å²) < 4.78 is 26.1. The van der Waals surface area contributed by atoms with Crippen molar-refractivity contribution in [1.29, 1.82) is 0 Å². The Kier molecular flexibility index (Phi) is 11.9. The summed E-state index contributed by atoms with van der Waals surface area (Å²) in [4.78, 5) is 33.6. The fraction of sp³-hybridized carbons (Fsp3) is 0.375. The molecule has 0 radical (unpaired) electrons. The van der Waals surface area contributed by atoms with Gasteiger partial charge in [0.05, 0.1) is 38.1 Å². The molecular weight excluding hydrogens is 475 g/mol. The summed E-state index contributed by atoms with van der Waals surface area (Å²) in [5.41, 5.74) is 3.39. The van der Waals surface area contributed by atoms with Gasteiger partial charge in [0.15, 0.2) is 5.82 Å². The van der Waals surface area contributed by atoms with Gasteiger partial charge in [0.2, 0.25) is 0 Å². The van der Waals surface area contributed by atoms with Crippen molar-refractivity contribution in [2.45, 2.75) is 27.2 Å². The van der Waals surface area contributed by atoms with Crippen LogP contribution < -0.4 is 20.7 Å². The number of hydrogen-bond acceptors (Lipinski definition) is 10. The van der Waals surface area contributed by atoms with Crippen LogP contribution in [0.1, 0.15) is 31.9 Å². The number of hydrazone groups is 1. The average molecular weight is 507 g/mol. The third-order valence-corrected chi connectivity index (χ3v) is 4.49. The number of ether oxygens (including phenoxy) is 2. The molecule has 196 valence electrons. The van der Waals surface area contributed by atoms with Gasteiger partial charge in [0.25, 0.3) is 0 Å². The molecule has 0 bridgehead atoms. The highest BCUT2D eigenvalue weighted by Gasteiger charge is 2.23. The number of carbonyl (C=O) groups excluding carboxylic acids is 2. The molecule has 0 saturated heterocycles. The lowest BCUT2D eigenvalue weighted by atomic mass is 10.1. The molecule has 12 heteroatoms. The largest absolute Gasteiger partial charge is 0.491 e. The van der Waals surface area contributed by atoms with E-state index in [-0.39, 0.29) is 49.8 Å². The van der Waals surface area contributed by atoms with E-state index < -0.39 is 17.9 Å². The number of nitrogens with zero attached hydrogens (tertiary/aromatic N) is 2. The van der Waals surface area contributed by atoms with E-state index in [1.165, 1.54) is 23.4 Å². The number of benzene rings is 2. The number of amides is 1. The fourth-order valence-corrected chi connectivity index (χ4v) is 3.02. The average Bonchev–Trinajstić information content (AvgIpc) is 2.87. The lowest BCUT2D eigenvalue weighted by molar-refractivity contribution is -0.142. The van der Waals surface area contributed by atoms with Crippen molar-refractivity contribution in [3.63, 3.8) is 0 Å². The molecule has 0 atom stereocenters. The Balaban J connectivity index is 2.29. The molecule has 2 rings (SSSR count). The highest BCUT2D eigenvalue weighted by atomic mass is 19.1. The third kappa shape index (κ3) is 8.40. The first-order valence-electron chi connectivity index (χ1n) is 11.4. The molecule has 2 aromatic rings. The highest BCUT2D eigenvalue weighted by molar-refractivity contribution is 5.81. The Morgan fingerprint density at radius 2 is 1.86 bits per heavy atom. The predicted octanol–water partition coefficient (Wildman–Crippen LogP) is 2.98. The summed E-state index contributed by atoms with van der Waals surface area (Å²) in [5, 5.41) is 16.6. The summed E-state index contributed by atoms with van der Waals surface area (Å²) in [6.07, 6.45) is 0.420. The first-order chi connectivity index (χ1) is 17.4. The number of rotatable bonds is 14. The zero-order chi connectivity index (χ0) is 26.3. The lowest BCUT2D eigenvalue weighted by Crippen LogP contribution is -2.27. The van der Waals surface area contributed by atoms with Crippen molar-refractivity contribution in [3.8, 4) is 5.75 Å². The molecule has 1 amide bonds. The van der Waals surface area contributed by atoms with Crippen LogP contribution in [0.4, 0.5) is 20.6 Å². The van der Waals surface area contributed by atoms with E-state index in [1.807, 2.05) is 0 Å². The second-order valence-corrected chi connectivity index (χ2v) is 7.00. The van der Waals surface area contributed by atoms with Crippen LogP contribution in [0.25, 0.3) is 0 Å². The second kappa shape index (κ2) is 15.2. The van der Waals surface area contributed by atoms with E-state index >= 15 is 4.39 Å². The Morgan fingerprint density at radius 3 is 2.50 bits per heavy atom. The molecule has 0 aromatic heterocycles. The first kappa shape index (κ1) is 28.3. The number of aliphatic hydroxyl groups is 1. The molecule has 0 spiro atoms. The molecule has 0 saturated carbocycles. The first-order valence-corrected chi connectivity index (χ1v) is 11.4. The monoisotopic (exact) mass is 506 g/mol. The summed E-state index contributed by atoms with van der Waals surface area (Å²) in [6.45, 7) is 5.65. The van der Waals surface area contributed by atoms with Crippen molar-refractivity contribution in [1.82, 2.24) is 10.9 Å². The second-order valence-electron chi connectivity index (χ2n) is 7.00. The van der Waals surface area contributed by atoms with Gasteiger partial charge in [-0.2, -0.15) is 5.10 Å². The molecule has 2 aromatic carbocycles. The van der Waals surface area contributed by atoms with Gasteiger partial charge in [0, 0.05) is 12.1 Å². The number of aliphatic hydroxyl groups excluding tert-OH is 1. The number of halogens is 1. The summed E-state index contributed by atoms with van der Waals surface area (Å²) in [7, 11) is 0. The SMILES string of the molecule is CCNC(=O)ON/N=C/c1ccc(N(OCC)c2ccc(OCCO)c(CC(=O)OCC)c2F)cc1. The molecule has 0 aliphatic carbocycles. The molecule has 3 N–H and O–H groups in total. The van der Waals surface area contributed by atoms with Crippen LogP contribution in [0.3, 0.4) is 0 Å². The van der Waals surface area contributed by atoms with Gasteiger partial charge < -0.3 is 24.7 Å². The summed E-state index contributed by atoms with van der Waals surface area (Å²) in [5.74, 6) is -1.20. The number of nitrogens with one attached hydrogen (secondary N) is 2. The van der Waals surface area contributed by atoms with Crippen molar-refractivity contribution >= 4 is 29.7 Å². The van der Waals surface area contributed by atoms with E-state index in [2.05, 4.69) is 20.8 Å². The minimum Gasteiger partial charge on any atom is -0.491 e. The van der Waals surface area contributed by atoms with Gasteiger partial charge in [-0.25, -0.2) is 14.2 Å². The standard InChI is InChI=1S/C24H31FN4O7/c1-4-26-24(32)36-28-27-16-17-7-9-18(10-8-17)29(35-6-3)20-11-12-21(34-14-13-30)19(23(20)25)15-22(31)33-5-2/h7-12,16,28,30H,4-6,13-15H2,1-3H3,(H,26,32)/b27-16+. The molecule has 0 heterocycles. The maximum atomic E-state index is 15.7. The lowest BCUT2D eigenvalue weighted by Gasteiger charge is -2.25. The number of hydrogen-bond donors (Lipinski definition) is 3. The maximum Gasteiger partial charge on any atom is 0.432 e. The normalized spacial score (nSPS) is 10.7. The molecule has 0 aliphatic heterocycles. The van der Waals surface area contributed by atoms with Crippen LogP contribution in [0.2, 0.25) is 0 Å².